The molecule has 0 amide bonds. The van der Waals surface area contributed by atoms with Crippen LogP contribution in [0.25, 0.3) is 89.4 Å². The number of anilines is 3. The molecule has 324 valence electrons. The van der Waals surface area contributed by atoms with Gasteiger partial charge < -0.3 is 13.7 Å². The van der Waals surface area contributed by atoms with Gasteiger partial charge in [-0.1, -0.05) is 97.1 Å². The van der Waals surface area contributed by atoms with Crippen molar-refractivity contribution in [3.8, 4) is 67.4 Å². The van der Waals surface area contributed by atoms with Gasteiger partial charge in [-0.05, 0) is 147 Å². The number of benzene rings is 6. The molecule has 0 bridgehead atoms. The Kier molecular flexibility index (Phi) is 10.4. The highest BCUT2D eigenvalue weighted by Crippen LogP contribution is 2.46. The first-order valence-electron chi connectivity index (χ1n) is 22.6. The lowest BCUT2D eigenvalue weighted by molar-refractivity contribution is 0.629. The van der Waals surface area contributed by atoms with E-state index in [4.69, 9.17) is 28.8 Å². The van der Waals surface area contributed by atoms with Crippen molar-refractivity contribution in [1.82, 2.24) is 19.9 Å². The maximum atomic E-state index is 6.85. The van der Waals surface area contributed by atoms with Gasteiger partial charge in [0.05, 0.1) is 17.1 Å². The summed E-state index contributed by atoms with van der Waals surface area (Å²) in [4.78, 5) is 22.0. The SMILES string of the molecule is Cc1cccc(C)c1-c1cc2ccnc(-c3cc(-c4ccccc4)cc(N(c4cc(-c5ccccc5)cc(-c5nccc6cc(-c7c(C)cccc7C)oc56)c4)c4c(C)ncnc4C)c3)c2o1. The number of pyridine rings is 2. The third kappa shape index (κ3) is 7.54. The Labute approximate surface area is 390 Å². The lowest BCUT2D eigenvalue weighted by atomic mass is 9.97. The predicted molar refractivity (Wildman–Crippen MR) is 273 cm³/mol. The molecule has 11 rings (SSSR count). The van der Waals surface area contributed by atoms with E-state index in [1.165, 1.54) is 0 Å². The van der Waals surface area contributed by atoms with Crippen LogP contribution in [-0.2, 0) is 0 Å². The molecule has 0 saturated carbocycles. The average Bonchev–Trinajstić information content (AvgIpc) is 3.98. The van der Waals surface area contributed by atoms with Crippen LogP contribution in [0.4, 0.5) is 17.1 Å². The maximum Gasteiger partial charge on any atom is 0.161 e. The lowest BCUT2D eigenvalue weighted by Gasteiger charge is -2.29. The molecule has 67 heavy (non-hydrogen) atoms. The number of fused-ring (bicyclic) bond motifs is 2. The minimum atomic E-state index is 0.726. The highest BCUT2D eigenvalue weighted by atomic mass is 16.3. The Morgan fingerprint density at radius 2 is 0.776 bits per heavy atom. The molecule has 11 aromatic rings. The molecular formula is C60H47N5O2. The second-order valence-corrected chi connectivity index (χ2v) is 17.4. The van der Waals surface area contributed by atoms with Gasteiger partial charge in [-0.2, -0.15) is 0 Å². The molecule has 0 saturated heterocycles. The normalized spacial score (nSPS) is 11.4. The zero-order valence-corrected chi connectivity index (χ0v) is 38.3. The van der Waals surface area contributed by atoms with Crippen LogP contribution in [0.5, 0.6) is 0 Å². The second kappa shape index (κ2) is 16.9. The summed E-state index contributed by atoms with van der Waals surface area (Å²) in [6.45, 7) is 12.6. The molecule has 0 spiro atoms. The van der Waals surface area contributed by atoms with E-state index in [2.05, 4.69) is 166 Å². The van der Waals surface area contributed by atoms with E-state index in [1.807, 2.05) is 50.5 Å². The predicted octanol–water partition coefficient (Wildman–Crippen LogP) is 16.1. The van der Waals surface area contributed by atoms with E-state index in [0.29, 0.717) is 0 Å². The van der Waals surface area contributed by atoms with Gasteiger partial charge in [0.25, 0.3) is 0 Å². The van der Waals surface area contributed by atoms with Crippen molar-refractivity contribution in [2.45, 2.75) is 41.5 Å². The van der Waals surface area contributed by atoms with Gasteiger partial charge >= 0.3 is 0 Å². The van der Waals surface area contributed by atoms with Crippen LogP contribution in [0.3, 0.4) is 0 Å². The number of furan rings is 2. The van der Waals surface area contributed by atoms with E-state index in [-0.39, 0.29) is 0 Å². The van der Waals surface area contributed by atoms with Gasteiger partial charge in [-0.3, -0.25) is 9.97 Å². The van der Waals surface area contributed by atoms with Crippen LogP contribution in [0, 0.1) is 41.5 Å². The minimum Gasteiger partial charge on any atom is -0.454 e. The van der Waals surface area contributed by atoms with Crippen LogP contribution >= 0.6 is 0 Å². The average molecular weight is 870 g/mol. The third-order valence-electron chi connectivity index (χ3n) is 12.8. The molecule has 0 aliphatic carbocycles. The second-order valence-electron chi connectivity index (χ2n) is 17.4. The van der Waals surface area contributed by atoms with Gasteiger partial charge in [0.2, 0.25) is 0 Å². The molecule has 5 heterocycles. The van der Waals surface area contributed by atoms with Crippen molar-refractivity contribution >= 4 is 39.0 Å². The standard InChI is InChI=1S/C60H47N5O2/c1-36-15-13-16-37(2)54(36)52-33-44-23-25-61-56(59(44)66-52)48-27-46(42-19-9-7-10-20-42)29-50(31-48)65(58-40(5)63-35-64-41(58)6)51-30-47(43-21-11-8-12-22-43)28-49(32-51)57-60-45(24-26-62-57)34-53(67-60)55-38(3)17-14-18-39(55)4/h7-35H,1-6H3. The fourth-order valence-corrected chi connectivity index (χ4v) is 9.66. The van der Waals surface area contributed by atoms with Crippen molar-refractivity contribution in [3.05, 3.63) is 210 Å². The summed E-state index contributed by atoms with van der Waals surface area (Å²) in [7, 11) is 0. The molecule has 6 aromatic carbocycles. The molecule has 0 N–H and O–H groups in total. The summed E-state index contributed by atoms with van der Waals surface area (Å²) >= 11 is 0. The van der Waals surface area contributed by atoms with Crippen molar-refractivity contribution in [2.24, 2.45) is 0 Å². The van der Waals surface area contributed by atoms with Gasteiger partial charge in [0.15, 0.2) is 11.2 Å². The quantitative estimate of drug-likeness (QED) is 0.143. The number of hydrogen-bond acceptors (Lipinski definition) is 7. The van der Waals surface area contributed by atoms with Crippen molar-refractivity contribution in [2.75, 3.05) is 4.90 Å². The summed E-state index contributed by atoms with van der Waals surface area (Å²) in [5.74, 6) is 1.64. The summed E-state index contributed by atoms with van der Waals surface area (Å²) in [5.41, 5.74) is 20.1. The summed E-state index contributed by atoms with van der Waals surface area (Å²) < 4.78 is 13.7. The fraction of sp³-hybridized carbons (Fsp3) is 0.100. The first-order chi connectivity index (χ1) is 32.7. The zero-order chi connectivity index (χ0) is 45.8. The van der Waals surface area contributed by atoms with Gasteiger partial charge in [0, 0.05) is 56.8 Å². The Morgan fingerprint density at radius 1 is 0.373 bits per heavy atom. The molecule has 0 aliphatic heterocycles. The van der Waals surface area contributed by atoms with Crippen LogP contribution in [0.1, 0.15) is 33.6 Å². The van der Waals surface area contributed by atoms with Crippen LogP contribution in [0.15, 0.2) is 185 Å². The first-order valence-corrected chi connectivity index (χ1v) is 22.6. The Bertz CT molecular complexity index is 3390. The van der Waals surface area contributed by atoms with Gasteiger partial charge in [-0.15, -0.1) is 0 Å². The van der Waals surface area contributed by atoms with Crippen molar-refractivity contribution in [3.63, 3.8) is 0 Å². The molecule has 7 heteroatoms. The maximum absolute atomic E-state index is 6.85. The highest BCUT2D eigenvalue weighted by molar-refractivity contribution is 5.98. The summed E-state index contributed by atoms with van der Waals surface area (Å²) in [5, 5.41) is 1.96. The summed E-state index contributed by atoms with van der Waals surface area (Å²) in [6.07, 6.45) is 5.38. The number of nitrogens with zero attached hydrogens (tertiary/aromatic N) is 5. The number of hydrogen-bond donors (Lipinski definition) is 0. The number of aryl methyl sites for hydroxylation is 6. The smallest absolute Gasteiger partial charge is 0.161 e. The topological polar surface area (TPSA) is 81.1 Å². The van der Waals surface area contributed by atoms with Gasteiger partial charge in [0.1, 0.15) is 29.2 Å². The van der Waals surface area contributed by atoms with E-state index >= 15 is 0 Å². The van der Waals surface area contributed by atoms with Crippen LogP contribution in [-0.4, -0.2) is 19.9 Å². The fourth-order valence-electron chi connectivity index (χ4n) is 9.66. The summed E-state index contributed by atoms with van der Waals surface area (Å²) in [6, 6.07) is 55.3. The van der Waals surface area contributed by atoms with E-state index < -0.39 is 0 Å². The van der Waals surface area contributed by atoms with Crippen molar-refractivity contribution in [1.29, 1.82) is 0 Å². The Balaban J connectivity index is 1.17. The number of rotatable bonds is 9. The first kappa shape index (κ1) is 41.3. The lowest BCUT2D eigenvalue weighted by Crippen LogP contribution is -2.15. The van der Waals surface area contributed by atoms with Crippen molar-refractivity contribution < 1.29 is 8.83 Å². The molecule has 0 radical (unpaired) electrons. The monoisotopic (exact) mass is 869 g/mol. The van der Waals surface area contributed by atoms with E-state index in [9.17, 15) is 0 Å². The molecule has 0 fully saturated rings. The molecule has 0 aliphatic rings. The van der Waals surface area contributed by atoms with Crippen LogP contribution in [0.2, 0.25) is 0 Å². The highest BCUT2D eigenvalue weighted by Gasteiger charge is 2.25. The molecule has 5 aromatic heterocycles. The van der Waals surface area contributed by atoms with Gasteiger partial charge in [-0.25, -0.2) is 9.97 Å². The van der Waals surface area contributed by atoms with E-state index in [1.54, 1.807) is 6.33 Å². The third-order valence-corrected chi connectivity index (χ3v) is 12.8. The Hall–Kier alpha value is -8.42. The van der Waals surface area contributed by atoms with Crippen LogP contribution < -0.4 is 4.90 Å². The number of aromatic nitrogens is 4. The zero-order valence-electron chi connectivity index (χ0n) is 38.3. The molecule has 0 unspecified atom stereocenters. The molecule has 7 nitrogen and oxygen atoms in total. The largest absolute Gasteiger partial charge is 0.454 e. The Morgan fingerprint density at radius 3 is 1.19 bits per heavy atom. The van der Waals surface area contributed by atoms with E-state index in [0.717, 1.165) is 140 Å². The molecule has 0 atom stereocenters. The minimum absolute atomic E-state index is 0.726. The molecular weight excluding hydrogens is 823 g/mol.